The second-order valence-electron chi connectivity index (χ2n) is 6.26. The topological polar surface area (TPSA) is 75.7 Å². The third-order valence-corrected chi connectivity index (χ3v) is 4.11. The van der Waals surface area contributed by atoms with Gasteiger partial charge in [-0.2, -0.15) is 0 Å². The van der Waals surface area contributed by atoms with E-state index in [1.54, 1.807) is 41.3 Å². The van der Waals surface area contributed by atoms with Crippen LogP contribution in [0.25, 0.3) is 0 Å². The summed E-state index contributed by atoms with van der Waals surface area (Å²) >= 11 is 0. The molecule has 6 nitrogen and oxygen atoms in total. The lowest BCUT2D eigenvalue weighted by Crippen LogP contribution is -2.35. The third-order valence-electron chi connectivity index (χ3n) is 4.11. The Hall–Kier alpha value is -3.22. The van der Waals surface area contributed by atoms with Crippen molar-refractivity contribution >= 4 is 23.5 Å². The minimum absolute atomic E-state index is 0.0665. The predicted octanol–water partition coefficient (Wildman–Crippen LogP) is 3.03. The summed E-state index contributed by atoms with van der Waals surface area (Å²) in [5.41, 5.74) is 1.80. The average molecular weight is 386 g/mol. The van der Waals surface area contributed by atoms with E-state index in [1.807, 2.05) is 0 Å². The first-order chi connectivity index (χ1) is 13.4. The first kappa shape index (κ1) is 21.1. The molecule has 0 spiro atoms. The fraction of sp³-hybridized carbons (Fsp3) is 0.286. The first-order valence-corrected chi connectivity index (χ1v) is 8.87. The van der Waals surface area contributed by atoms with E-state index < -0.39 is 5.97 Å². The Morgan fingerprint density at radius 3 is 2.43 bits per heavy atom. The SMILES string of the molecule is COC(=O)CCN(CCc1ccc(F)cc1)C(=O)c1cccc(NC(C)=O)c1. The van der Waals surface area contributed by atoms with Gasteiger partial charge in [-0.1, -0.05) is 18.2 Å². The number of nitrogens with zero attached hydrogens (tertiary/aromatic N) is 1. The molecule has 0 aliphatic rings. The van der Waals surface area contributed by atoms with Crippen molar-refractivity contribution in [2.75, 3.05) is 25.5 Å². The molecule has 7 heteroatoms. The van der Waals surface area contributed by atoms with Crippen LogP contribution in [0.15, 0.2) is 48.5 Å². The number of carbonyl (C=O) groups excluding carboxylic acids is 3. The highest BCUT2D eigenvalue weighted by atomic mass is 19.1. The van der Waals surface area contributed by atoms with Crippen molar-refractivity contribution < 1.29 is 23.5 Å². The van der Waals surface area contributed by atoms with E-state index >= 15 is 0 Å². The van der Waals surface area contributed by atoms with E-state index in [0.29, 0.717) is 24.2 Å². The second kappa shape index (κ2) is 10.2. The predicted molar refractivity (Wildman–Crippen MR) is 103 cm³/mol. The van der Waals surface area contributed by atoms with Gasteiger partial charge in [0.1, 0.15) is 5.82 Å². The van der Waals surface area contributed by atoms with Crippen LogP contribution >= 0.6 is 0 Å². The minimum atomic E-state index is -0.411. The molecule has 0 bridgehead atoms. The smallest absolute Gasteiger partial charge is 0.307 e. The minimum Gasteiger partial charge on any atom is -0.469 e. The van der Waals surface area contributed by atoms with E-state index in [4.69, 9.17) is 0 Å². The van der Waals surface area contributed by atoms with Crippen LogP contribution in [0.5, 0.6) is 0 Å². The molecule has 28 heavy (non-hydrogen) atoms. The summed E-state index contributed by atoms with van der Waals surface area (Å²) in [5.74, 6) is -1.23. The molecule has 0 atom stereocenters. The van der Waals surface area contributed by atoms with Crippen LogP contribution in [-0.2, 0) is 20.7 Å². The Bertz CT molecular complexity index is 837. The van der Waals surface area contributed by atoms with Gasteiger partial charge in [-0.05, 0) is 42.3 Å². The van der Waals surface area contributed by atoms with E-state index in [2.05, 4.69) is 10.1 Å². The third kappa shape index (κ3) is 6.50. The van der Waals surface area contributed by atoms with Gasteiger partial charge in [-0.3, -0.25) is 14.4 Å². The highest BCUT2D eigenvalue weighted by molar-refractivity contribution is 5.97. The van der Waals surface area contributed by atoms with Gasteiger partial charge in [0.05, 0.1) is 13.5 Å². The van der Waals surface area contributed by atoms with Gasteiger partial charge in [0.25, 0.3) is 5.91 Å². The molecule has 0 aromatic heterocycles. The van der Waals surface area contributed by atoms with E-state index in [9.17, 15) is 18.8 Å². The van der Waals surface area contributed by atoms with E-state index in [1.165, 1.54) is 26.2 Å². The molecule has 0 fully saturated rings. The first-order valence-electron chi connectivity index (χ1n) is 8.87. The lowest BCUT2D eigenvalue weighted by Gasteiger charge is -2.23. The summed E-state index contributed by atoms with van der Waals surface area (Å²) < 4.78 is 17.7. The maximum Gasteiger partial charge on any atom is 0.307 e. The van der Waals surface area contributed by atoms with Gasteiger partial charge >= 0.3 is 5.97 Å². The number of hydrogen-bond donors (Lipinski definition) is 1. The van der Waals surface area contributed by atoms with Gasteiger partial charge in [-0.15, -0.1) is 0 Å². The lowest BCUT2D eigenvalue weighted by atomic mass is 10.1. The number of halogens is 1. The molecule has 0 saturated heterocycles. The van der Waals surface area contributed by atoms with Crippen molar-refractivity contribution in [2.45, 2.75) is 19.8 Å². The zero-order chi connectivity index (χ0) is 20.5. The van der Waals surface area contributed by atoms with E-state index in [-0.39, 0.29) is 30.6 Å². The molecular formula is C21H23FN2O4. The van der Waals surface area contributed by atoms with Crippen molar-refractivity contribution in [3.8, 4) is 0 Å². The largest absolute Gasteiger partial charge is 0.469 e. The maximum atomic E-state index is 13.1. The number of rotatable bonds is 8. The van der Waals surface area contributed by atoms with Crippen molar-refractivity contribution in [1.82, 2.24) is 4.90 Å². The molecule has 0 aliphatic carbocycles. The number of esters is 1. The number of nitrogens with one attached hydrogen (secondary N) is 1. The number of hydrogen-bond acceptors (Lipinski definition) is 4. The van der Waals surface area contributed by atoms with Crippen LogP contribution in [-0.4, -0.2) is 42.9 Å². The summed E-state index contributed by atoms with van der Waals surface area (Å²) in [7, 11) is 1.30. The fourth-order valence-corrected chi connectivity index (χ4v) is 2.67. The molecule has 0 unspecified atom stereocenters. The van der Waals surface area contributed by atoms with Gasteiger partial charge < -0.3 is 15.0 Å². The maximum absolute atomic E-state index is 13.1. The molecule has 2 amide bonds. The number of amides is 2. The number of carbonyl (C=O) groups is 3. The van der Waals surface area contributed by atoms with Crippen LogP contribution in [0.3, 0.4) is 0 Å². The van der Waals surface area contributed by atoms with Gasteiger partial charge in [0.2, 0.25) is 5.91 Å². The summed E-state index contributed by atoms with van der Waals surface area (Å²) in [6.07, 6.45) is 0.579. The quantitative estimate of drug-likeness (QED) is 0.708. The van der Waals surface area contributed by atoms with Crippen LogP contribution < -0.4 is 5.32 Å². The molecule has 2 rings (SSSR count). The Morgan fingerprint density at radius 1 is 1.07 bits per heavy atom. The van der Waals surface area contributed by atoms with Crippen molar-refractivity contribution in [3.05, 3.63) is 65.5 Å². The Kier molecular flexibility index (Phi) is 7.68. The van der Waals surface area contributed by atoms with Crippen molar-refractivity contribution in [1.29, 1.82) is 0 Å². The van der Waals surface area contributed by atoms with Crippen LogP contribution in [0, 0.1) is 5.82 Å². The van der Waals surface area contributed by atoms with Crippen LogP contribution in [0.4, 0.5) is 10.1 Å². The molecule has 2 aromatic rings. The van der Waals surface area contributed by atoms with Gasteiger partial charge in [0.15, 0.2) is 0 Å². The molecular weight excluding hydrogens is 363 g/mol. The number of benzene rings is 2. The summed E-state index contributed by atoms with van der Waals surface area (Å²) in [4.78, 5) is 37.3. The highest BCUT2D eigenvalue weighted by Crippen LogP contribution is 2.14. The summed E-state index contributed by atoms with van der Waals surface area (Å²) in [6.45, 7) is 1.93. The van der Waals surface area contributed by atoms with Crippen LogP contribution in [0.1, 0.15) is 29.3 Å². The average Bonchev–Trinajstić information content (AvgIpc) is 2.68. The monoisotopic (exact) mass is 386 g/mol. The second-order valence-corrected chi connectivity index (χ2v) is 6.26. The van der Waals surface area contributed by atoms with Gasteiger partial charge in [0, 0.05) is 31.3 Å². The molecule has 148 valence electrons. The number of methoxy groups -OCH3 is 1. The lowest BCUT2D eigenvalue weighted by molar-refractivity contribution is -0.140. The Morgan fingerprint density at radius 2 is 1.79 bits per heavy atom. The highest BCUT2D eigenvalue weighted by Gasteiger charge is 2.18. The van der Waals surface area contributed by atoms with Crippen molar-refractivity contribution in [2.24, 2.45) is 0 Å². The molecule has 0 radical (unpaired) electrons. The van der Waals surface area contributed by atoms with Crippen LogP contribution in [0.2, 0.25) is 0 Å². The molecule has 0 aliphatic heterocycles. The summed E-state index contributed by atoms with van der Waals surface area (Å²) in [6, 6.07) is 12.7. The normalized spacial score (nSPS) is 10.2. The van der Waals surface area contributed by atoms with Gasteiger partial charge in [-0.25, -0.2) is 4.39 Å². The molecule has 0 saturated carbocycles. The number of ether oxygens (including phenoxy) is 1. The summed E-state index contributed by atoms with van der Waals surface area (Å²) in [5, 5.41) is 2.64. The van der Waals surface area contributed by atoms with E-state index in [0.717, 1.165) is 5.56 Å². The Labute approximate surface area is 163 Å². The zero-order valence-corrected chi connectivity index (χ0v) is 15.9. The zero-order valence-electron chi connectivity index (χ0n) is 15.9. The fourth-order valence-electron chi connectivity index (χ4n) is 2.67. The molecule has 0 heterocycles. The number of anilines is 1. The molecule has 1 N–H and O–H groups in total. The molecule has 2 aromatic carbocycles. The Balaban J connectivity index is 2.14. The standard InChI is InChI=1S/C21H23FN2O4/c1-15(25)23-19-5-3-4-17(14-19)21(27)24(13-11-20(26)28-2)12-10-16-6-8-18(22)9-7-16/h3-9,14H,10-13H2,1-2H3,(H,23,25). The van der Waals surface area contributed by atoms with Crippen molar-refractivity contribution in [3.63, 3.8) is 0 Å².